The number of hydrogen-bond acceptors (Lipinski definition) is 4. The van der Waals surface area contributed by atoms with Gasteiger partial charge in [0, 0.05) is 37.0 Å². The van der Waals surface area contributed by atoms with Gasteiger partial charge in [-0.3, -0.25) is 4.68 Å². The summed E-state index contributed by atoms with van der Waals surface area (Å²) in [5, 5.41) is 17.1. The van der Waals surface area contributed by atoms with Gasteiger partial charge in [0.15, 0.2) is 0 Å². The summed E-state index contributed by atoms with van der Waals surface area (Å²) in [5.74, 6) is 0.802. The molecule has 0 spiro atoms. The van der Waals surface area contributed by atoms with Crippen LogP contribution in [0.15, 0.2) is 48.5 Å². The molecule has 0 saturated carbocycles. The lowest BCUT2D eigenvalue weighted by Crippen LogP contribution is -2.14. The maximum absolute atomic E-state index is 9.17. The molecular formula is C22H24N4O. The van der Waals surface area contributed by atoms with Crippen LogP contribution in [0.5, 0.6) is 5.75 Å². The van der Waals surface area contributed by atoms with E-state index in [0.717, 1.165) is 35.7 Å². The van der Waals surface area contributed by atoms with Crippen molar-refractivity contribution in [3.8, 4) is 11.8 Å². The van der Waals surface area contributed by atoms with Gasteiger partial charge in [-0.05, 0) is 37.6 Å². The molecule has 0 bridgehead atoms. The summed E-state index contributed by atoms with van der Waals surface area (Å²) in [4.78, 5) is 0. The zero-order valence-electron chi connectivity index (χ0n) is 16.0. The molecule has 0 aliphatic carbocycles. The maximum atomic E-state index is 9.17. The first-order chi connectivity index (χ1) is 13.1. The van der Waals surface area contributed by atoms with Crippen molar-refractivity contribution in [3.05, 3.63) is 82.2 Å². The number of rotatable bonds is 7. The highest BCUT2D eigenvalue weighted by Gasteiger charge is 2.08. The topological polar surface area (TPSA) is 62.9 Å². The summed E-state index contributed by atoms with van der Waals surface area (Å²) >= 11 is 0. The summed E-state index contributed by atoms with van der Waals surface area (Å²) < 4.78 is 7.81. The van der Waals surface area contributed by atoms with Crippen molar-refractivity contribution >= 4 is 0 Å². The van der Waals surface area contributed by atoms with Crippen LogP contribution in [-0.4, -0.2) is 9.78 Å². The van der Waals surface area contributed by atoms with E-state index in [-0.39, 0.29) is 0 Å². The predicted molar refractivity (Wildman–Crippen MR) is 105 cm³/mol. The summed E-state index contributed by atoms with van der Waals surface area (Å²) in [6.45, 7) is 6.04. The van der Waals surface area contributed by atoms with Gasteiger partial charge in [-0.25, -0.2) is 0 Å². The number of nitrogens with one attached hydrogen (secondary N) is 1. The number of hydrogen-bond donors (Lipinski definition) is 1. The number of benzene rings is 2. The van der Waals surface area contributed by atoms with Crippen LogP contribution < -0.4 is 10.1 Å². The van der Waals surface area contributed by atoms with Crippen LogP contribution in [0.1, 0.15) is 33.6 Å². The minimum absolute atomic E-state index is 0.384. The van der Waals surface area contributed by atoms with E-state index < -0.39 is 0 Å². The Morgan fingerprint density at radius 1 is 1.11 bits per heavy atom. The molecule has 3 rings (SSSR count). The number of ether oxygens (including phenoxy) is 1. The molecule has 0 aliphatic rings. The first-order valence-electron chi connectivity index (χ1n) is 8.98. The first-order valence-corrected chi connectivity index (χ1v) is 8.98. The zero-order valence-corrected chi connectivity index (χ0v) is 16.0. The fourth-order valence-corrected chi connectivity index (χ4v) is 3.07. The molecule has 27 heavy (non-hydrogen) atoms. The van der Waals surface area contributed by atoms with Gasteiger partial charge in [-0.1, -0.05) is 30.3 Å². The Hall–Kier alpha value is -3.10. The standard InChI is InChI=1S/C22H24N4O/c1-16-22(17(2)26(3)25-16)14-24-13-18-7-6-10-21(11-18)27-15-20-9-5-4-8-19(20)12-23/h4-11,24H,13-15H2,1-3H3. The SMILES string of the molecule is Cc1nn(C)c(C)c1CNCc1cccc(OCc2ccccc2C#N)c1. The van der Waals surface area contributed by atoms with E-state index in [4.69, 9.17) is 4.74 Å². The molecule has 5 heteroatoms. The minimum Gasteiger partial charge on any atom is -0.489 e. The molecule has 0 unspecified atom stereocenters. The second kappa shape index (κ2) is 8.52. The molecule has 0 atom stereocenters. The summed E-state index contributed by atoms with van der Waals surface area (Å²) in [7, 11) is 1.97. The van der Waals surface area contributed by atoms with Gasteiger partial charge in [0.25, 0.3) is 0 Å². The highest BCUT2D eigenvalue weighted by Crippen LogP contribution is 2.17. The van der Waals surface area contributed by atoms with Crippen molar-refractivity contribution in [2.24, 2.45) is 7.05 Å². The molecule has 0 amide bonds. The van der Waals surface area contributed by atoms with Crippen molar-refractivity contribution in [2.45, 2.75) is 33.5 Å². The van der Waals surface area contributed by atoms with Crippen molar-refractivity contribution in [1.29, 1.82) is 5.26 Å². The van der Waals surface area contributed by atoms with E-state index in [9.17, 15) is 5.26 Å². The minimum atomic E-state index is 0.384. The van der Waals surface area contributed by atoms with Crippen molar-refractivity contribution in [3.63, 3.8) is 0 Å². The third-order valence-electron chi connectivity index (χ3n) is 4.72. The normalized spacial score (nSPS) is 10.6. The number of nitriles is 1. The van der Waals surface area contributed by atoms with Gasteiger partial charge in [0.1, 0.15) is 12.4 Å². The Morgan fingerprint density at radius 2 is 1.93 bits per heavy atom. The Labute approximate surface area is 160 Å². The average molecular weight is 360 g/mol. The molecule has 2 aromatic carbocycles. The fraction of sp³-hybridized carbons (Fsp3) is 0.273. The fourth-order valence-electron chi connectivity index (χ4n) is 3.07. The van der Waals surface area contributed by atoms with Gasteiger partial charge in [0.05, 0.1) is 17.3 Å². The number of aryl methyl sites for hydroxylation is 2. The summed E-state index contributed by atoms with van der Waals surface area (Å²) in [6, 6.07) is 17.7. The van der Waals surface area contributed by atoms with Gasteiger partial charge < -0.3 is 10.1 Å². The summed E-state index contributed by atoms with van der Waals surface area (Å²) in [6.07, 6.45) is 0. The largest absolute Gasteiger partial charge is 0.489 e. The average Bonchev–Trinajstić information content (AvgIpc) is 2.93. The second-order valence-corrected chi connectivity index (χ2v) is 6.58. The van der Waals surface area contributed by atoms with Gasteiger partial charge in [-0.15, -0.1) is 0 Å². The molecular weight excluding hydrogens is 336 g/mol. The second-order valence-electron chi connectivity index (χ2n) is 6.58. The van der Waals surface area contributed by atoms with E-state index in [1.54, 1.807) is 6.07 Å². The smallest absolute Gasteiger partial charge is 0.120 e. The molecule has 0 radical (unpaired) electrons. The van der Waals surface area contributed by atoms with Crippen LogP contribution in [0.2, 0.25) is 0 Å². The van der Waals surface area contributed by atoms with Gasteiger partial charge in [-0.2, -0.15) is 10.4 Å². The molecule has 0 fully saturated rings. The van der Waals surface area contributed by atoms with Gasteiger partial charge >= 0.3 is 0 Å². The van der Waals surface area contributed by atoms with Crippen LogP contribution in [0.3, 0.4) is 0 Å². The monoisotopic (exact) mass is 360 g/mol. The molecule has 3 aromatic rings. The van der Waals surface area contributed by atoms with E-state index in [1.807, 2.05) is 55.1 Å². The summed E-state index contributed by atoms with van der Waals surface area (Å²) in [5.41, 5.74) is 6.20. The number of aromatic nitrogens is 2. The highest BCUT2D eigenvalue weighted by molar-refractivity contribution is 5.37. The first kappa shape index (κ1) is 18.7. The third kappa shape index (κ3) is 4.55. The van der Waals surface area contributed by atoms with Crippen LogP contribution in [0.25, 0.3) is 0 Å². The molecule has 1 N–H and O–H groups in total. The van der Waals surface area contributed by atoms with E-state index in [0.29, 0.717) is 12.2 Å². The lowest BCUT2D eigenvalue weighted by Gasteiger charge is -2.10. The van der Waals surface area contributed by atoms with Crippen molar-refractivity contribution < 1.29 is 4.74 Å². The van der Waals surface area contributed by atoms with Crippen LogP contribution >= 0.6 is 0 Å². The van der Waals surface area contributed by atoms with E-state index in [2.05, 4.69) is 29.5 Å². The van der Waals surface area contributed by atoms with E-state index >= 15 is 0 Å². The maximum Gasteiger partial charge on any atom is 0.120 e. The quantitative estimate of drug-likeness (QED) is 0.696. The molecule has 0 saturated heterocycles. The third-order valence-corrected chi connectivity index (χ3v) is 4.72. The zero-order chi connectivity index (χ0) is 19.2. The Kier molecular flexibility index (Phi) is 5.90. The van der Waals surface area contributed by atoms with E-state index in [1.165, 1.54) is 11.3 Å². The molecule has 5 nitrogen and oxygen atoms in total. The highest BCUT2D eigenvalue weighted by atomic mass is 16.5. The molecule has 138 valence electrons. The molecule has 0 aliphatic heterocycles. The lowest BCUT2D eigenvalue weighted by atomic mass is 10.1. The number of nitrogens with zero attached hydrogens (tertiary/aromatic N) is 3. The van der Waals surface area contributed by atoms with Crippen molar-refractivity contribution in [1.82, 2.24) is 15.1 Å². The molecule has 1 aromatic heterocycles. The Balaban J connectivity index is 1.58. The predicted octanol–water partition coefficient (Wildman–Crippen LogP) is 3.78. The molecule has 1 heterocycles. The van der Waals surface area contributed by atoms with Crippen molar-refractivity contribution in [2.75, 3.05) is 0 Å². The van der Waals surface area contributed by atoms with Gasteiger partial charge in [0.2, 0.25) is 0 Å². The Morgan fingerprint density at radius 3 is 2.67 bits per heavy atom. The van der Waals surface area contributed by atoms with Crippen LogP contribution in [-0.2, 0) is 26.7 Å². The van der Waals surface area contributed by atoms with Crippen LogP contribution in [0, 0.1) is 25.2 Å². The Bertz CT molecular complexity index is 969. The van der Waals surface area contributed by atoms with Crippen LogP contribution in [0.4, 0.5) is 0 Å². The lowest BCUT2D eigenvalue weighted by molar-refractivity contribution is 0.305.